The summed E-state index contributed by atoms with van der Waals surface area (Å²) < 4.78 is 67.3. The summed E-state index contributed by atoms with van der Waals surface area (Å²) in [7, 11) is 2.95. The molecule has 3 N–H and O–H groups in total. The van der Waals surface area contributed by atoms with Gasteiger partial charge in [0.25, 0.3) is 11.8 Å². The zero-order valence-corrected chi connectivity index (χ0v) is 27.8. The Balaban J connectivity index is 1.42. The minimum absolute atomic E-state index is 0.0467. The quantitative estimate of drug-likeness (QED) is 0.0522. The molecule has 0 fully saturated rings. The Bertz CT molecular complexity index is 2070. The van der Waals surface area contributed by atoms with Crippen LogP contribution in [-0.2, 0) is 9.59 Å². The maximum atomic E-state index is 14.4. The number of anilines is 2. The molecule has 0 radical (unpaired) electrons. The van der Waals surface area contributed by atoms with Crippen molar-refractivity contribution in [1.82, 2.24) is 5.32 Å². The number of hydrogen-bond acceptors (Lipinski definition) is 6. The van der Waals surface area contributed by atoms with Gasteiger partial charge in [-0.05, 0) is 59.7 Å². The number of carbonyl (C=O) groups excluding carboxylic acids is 3. The highest BCUT2D eigenvalue weighted by atomic mass is 32.2. The predicted octanol–water partition coefficient (Wildman–Crippen LogP) is 8.14. The molecule has 3 amide bonds. The topological polar surface area (TPSA) is 106 Å². The van der Waals surface area contributed by atoms with Crippen LogP contribution >= 0.6 is 11.8 Å². The number of hydrogen-bond donors (Lipinski definition) is 3. The third kappa shape index (κ3) is 8.94. The van der Waals surface area contributed by atoms with Crippen LogP contribution < -0.4 is 25.4 Å². The molecule has 13 heteroatoms. The van der Waals surface area contributed by atoms with Gasteiger partial charge < -0.3 is 25.4 Å². The van der Waals surface area contributed by atoms with Crippen molar-refractivity contribution in [2.45, 2.75) is 10.1 Å². The second-order valence-electron chi connectivity index (χ2n) is 10.7. The third-order valence-electron chi connectivity index (χ3n) is 7.29. The average Bonchev–Trinajstić information content (AvgIpc) is 3.15. The van der Waals surface area contributed by atoms with Crippen LogP contribution in [0.2, 0.25) is 0 Å². The highest BCUT2D eigenvalue weighted by Gasteiger charge is 2.27. The fourth-order valence-electron chi connectivity index (χ4n) is 4.81. The van der Waals surface area contributed by atoms with E-state index in [0.717, 1.165) is 11.8 Å². The number of carbonyl (C=O) groups is 3. The van der Waals surface area contributed by atoms with Crippen LogP contribution in [0.5, 0.6) is 11.5 Å². The summed E-state index contributed by atoms with van der Waals surface area (Å²) in [6.45, 7) is 0. The highest BCUT2D eigenvalue weighted by Crippen LogP contribution is 2.38. The first-order valence-corrected chi connectivity index (χ1v) is 16.0. The predicted molar refractivity (Wildman–Crippen MR) is 186 cm³/mol. The Morgan fingerprint density at radius 3 is 2.00 bits per heavy atom. The lowest BCUT2D eigenvalue weighted by Gasteiger charge is -2.18. The molecule has 51 heavy (non-hydrogen) atoms. The zero-order valence-electron chi connectivity index (χ0n) is 27.0. The molecule has 5 aromatic carbocycles. The van der Waals surface area contributed by atoms with Gasteiger partial charge >= 0.3 is 0 Å². The summed E-state index contributed by atoms with van der Waals surface area (Å²) in [5, 5.41) is 6.23. The molecule has 0 spiro atoms. The first-order chi connectivity index (χ1) is 24.6. The summed E-state index contributed by atoms with van der Waals surface area (Å²) in [6.07, 6.45) is 1.46. The maximum Gasteiger partial charge on any atom is 0.272 e. The van der Waals surface area contributed by atoms with Crippen molar-refractivity contribution in [1.29, 1.82) is 0 Å². The van der Waals surface area contributed by atoms with Gasteiger partial charge in [-0.15, -0.1) is 11.8 Å². The summed E-state index contributed by atoms with van der Waals surface area (Å²) in [5.74, 6) is -8.17. The van der Waals surface area contributed by atoms with Gasteiger partial charge in [-0.1, -0.05) is 60.7 Å². The van der Waals surface area contributed by atoms with Crippen LogP contribution in [-0.4, -0.2) is 31.9 Å². The molecule has 0 aliphatic heterocycles. The number of rotatable bonds is 12. The number of methoxy groups -OCH3 is 2. The number of halogens is 4. The van der Waals surface area contributed by atoms with E-state index in [4.69, 9.17) is 9.47 Å². The zero-order chi connectivity index (χ0) is 36.5. The van der Waals surface area contributed by atoms with Crippen LogP contribution in [0.1, 0.15) is 26.7 Å². The molecule has 260 valence electrons. The van der Waals surface area contributed by atoms with Crippen molar-refractivity contribution in [2.75, 3.05) is 24.9 Å². The molecule has 0 bridgehead atoms. The fourth-order valence-corrected chi connectivity index (χ4v) is 5.89. The molecule has 0 saturated carbocycles. The summed E-state index contributed by atoms with van der Waals surface area (Å²) in [5.41, 5.74) is 0.143. The van der Waals surface area contributed by atoms with E-state index in [1.165, 1.54) is 20.3 Å². The first kappa shape index (κ1) is 36.2. The van der Waals surface area contributed by atoms with Gasteiger partial charge in [0.15, 0.2) is 34.8 Å². The summed E-state index contributed by atoms with van der Waals surface area (Å²) in [4.78, 5) is 40.7. The van der Waals surface area contributed by atoms with Crippen LogP contribution in [0.15, 0.2) is 120 Å². The smallest absolute Gasteiger partial charge is 0.272 e. The Morgan fingerprint density at radius 1 is 0.706 bits per heavy atom. The van der Waals surface area contributed by atoms with E-state index in [9.17, 15) is 31.9 Å². The number of nitrogens with one attached hydrogen (secondary N) is 3. The van der Waals surface area contributed by atoms with Crippen molar-refractivity contribution < 1.29 is 41.4 Å². The lowest BCUT2D eigenvalue weighted by atomic mass is 10.1. The van der Waals surface area contributed by atoms with E-state index in [0.29, 0.717) is 33.1 Å². The van der Waals surface area contributed by atoms with Gasteiger partial charge in [-0.3, -0.25) is 14.4 Å². The second-order valence-corrected chi connectivity index (χ2v) is 11.9. The molecule has 5 rings (SSSR count). The van der Waals surface area contributed by atoms with Gasteiger partial charge in [0.1, 0.15) is 16.6 Å². The van der Waals surface area contributed by atoms with Gasteiger partial charge in [0.05, 0.1) is 14.2 Å². The third-order valence-corrected chi connectivity index (χ3v) is 8.54. The van der Waals surface area contributed by atoms with E-state index >= 15 is 0 Å². The van der Waals surface area contributed by atoms with Crippen LogP contribution in [0.3, 0.4) is 0 Å². The average molecular weight is 716 g/mol. The minimum atomic E-state index is -1.75. The standard InChI is InChI=1S/C38H29F4N3O5S/c1-49-30-17-16-22(19-31(30)50-2)18-29(44-36(46)24-12-7-4-8-13-24)37(47)43-25-14-9-15-26(20-25)51-35(23-10-5-3-6-11-23)38(48)45-34-32(41)27(39)21-28(40)33(34)42/h3-21,35H,1-2H3,(H,43,47)(H,44,46)(H,45,48)/b29-18+. The molecule has 0 heterocycles. The minimum Gasteiger partial charge on any atom is -0.493 e. The molecule has 0 aliphatic rings. The number of thioether (sulfide) groups is 1. The van der Waals surface area contributed by atoms with E-state index in [1.54, 1.807) is 103 Å². The van der Waals surface area contributed by atoms with Crippen molar-refractivity contribution in [3.63, 3.8) is 0 Å². The van der Waals surface area contributed by atoms with Gasteiger partial charge in [-0.2, -0.15) is 0 Å². The summed E-state index contributed by atoms with van der Waals surface area (Å²) in [6, 6.07) is 27.8. The van der Waals surface area contributed by atoms with Gasteiger partial charge in [0.2, 0.25) is 5.91 Å². The number of benzene rings is 5. The van der Waals surface area contributed by atoms with Gasteiger partial charge in [0, 0.05) is 22.2 Å². The Hall–Kier alpha value is -6.08. The first-order valence-electron chi connectivity index (χ1n) is 15.1. The number of ether oxygens (including phenoxy) is 2. The molecule has 8 nitrogen and oxygen atoms in total. The normalized spacial score (nSPS) is 11.7. The lowest BCUT2D eigenvalue weighted by molar-refractivity contribution is -0.116. The van der Waals surface area contributed by atoms with Gasteiger partial charge in [-0.25, -0.2) is 17.6 Å². The van der Waals surface area contributed by atoms with Crippen LogP contribution in [0, 0.1) is 23.3 Å². The van der Waals surface area contributed by atoms with Crippen molar-refractivity contribution >= 4 is 46.9 Å². The lowest BCUT2D eigenvalue weighted by Crippen LogP contribution is -2.30. The molecule has 5 aromatic rings. The molecule has 0 aromatic heterocycles. The fraction of sp³-hybridized carbons (Fsp3) is 0.0789. The largest absolute Gasteiger partial charge is 0.493 e. The Labute approximate surface area is 294 Å². The molecular formula is C38H29F4N3O5S. The molecule has 0 aliphatic carbocycles. The monoisotopic (exact) mass is 715 g/mol. The SMILES string of the molecule is COc1ccc(/C=C(/NC(=O)c2ccccc2)C(=O)Nc2cccc(SC(C(=O)Nc3c(F)c(F)cc(F)c3F)c3ccccc3)c2)cc1OC. The van der Waals surface area contributed by atoms with Crippen molar-refractivity contribution in [3.8, 4) is 11.5 Å². The molecular weight excluding hydrogens is 686 g/mol. The van der Waals surface area contributed by atoms with Crippen molar-refractivity contribution in [3.05, 3.63) is 155 Å². The van der Waals surface area contributed by atoms with E-state index in [1.807, 2.05) is 5.32 Å². The van der Waals surface area contributed by atoms with Crippen LogP contribution in [0.4, 0.5) is 28.9 Å². The van der Waals surface area contributed by atoms with Crippen molar-refractivity contribution in [2.24, 2.45) is 0 Å². The van der Waals surface area contributed by atoms with E-state index < -0.39 is 51.9 Å². The van der Waals surface area contributed by atoms with E-state index in [-0.39, 0.29) is 17.5 Å². The highest BCUT2D eigenvalue weighted by molar-refractivity contribution is 8.00. The molecule has 1 atom stereocenters. The Kier molecular flexibility index (Phi) is 11.7. The second kappa shape index (κ2) is 16.5. The summed E-state index contributed by atoms with van der Waals surface area (Å²) >= 11 is 0.951. The maximum absolute atomic E-state index is 14.4. The number of amides is 3. The molecule has 0 saturated heterocycles. The van der Waals surface area contributed by atoms with E-state index in [2.05, 4.69) is 10.6 Å². The van der Waals surface area contributed by atoms with Crippen LogP contribution in [0.25, 0.3) is 6.08 Å². The molecule has 1 unspecified atom stereocenters. The Morgan fingerprint density at radius 2 is 1.35 bits per heavy atom.